The lowest BCUT2D eigenvalue weighted by Crippen LogP contribution is -2.31. The third kappa shape index (κ3) is 4.26. The molecule has 3 aromatic carbocycles. The van der Waals surface area contributed by atoms with Gasteiger partial charge in [-0.15, -0.1) is 0 Å². The maximum absolute atomic E-state index is 5.29. The van der Waals surface area contributed by atoms with Crippen molar-refractivity contribution < 1.29 is 4.74 Å². The molecule has 2 nitrogen and oxygen atoms in total. The second-order valence-corrected chi connectivity index (χ2v) is 6.65. The van der Waals surface area contributed by atoms with E-state index in [9.17, 15) is 0 Å². The van der Waals surface area contributed by atoms with Crippen molar-refractivity contribution in [3.63, 3.8) is 0 Å². The van der Waals surface area contributed by atoms with Crippen LogP contribution < -0.4 is 9.64 Å². The van der Waals surface area contributed by atoms with E-state index in [1.165, 1.54) is 22.4 Å². The number of nitrogens with zero attached hydrogens (tertiary/aromatic N) is 1. The zero-order valence-corrected chi connectivity index (χ0v) is 15.9. The number of hydrogen-bond donors (Lipinski definition) is 0. The van der Waals surface area contributed by atoms with Crippen LogP contribution in [0.5, 0.6) is 5.75 Å². The van der Waals surface area contributed by atoms with E-state index < -0.39 is 0 Å². The first-order chi connectivity index (χ1) is 12.7. The van der Waals surface area contributed by atoms with Crippen LogP contribution in [-0.4, -0.2) is 13.2 Å². The summed E-state index contributed by atoms with van der Waals surface area (Å²) in [6.07, 6.45) is 1.11. The molecule has 0 saturated heterocycles. The monoisotopic (exact) mass is 345 g/mol. The minimum absolute atomic E-state index is 0.470. The number of benzene rings is 3. The Morgan fingerprint density at radius 3 is 2.00 bits per heavy atom. The van der Waals surface area contributed by atoms with Crippen LogP contribution in [0.2, 0.25) is 0 Å². The van der Waals surface area contributed by atoms with Crippen LogP contribution >= 0.6 is 0 Å². The second-order valence-electron chi connectivity index (χ2n) is 6.65. The van der Waals surface area contributed by atoms with Gasteiger partial charge in [-0.3, -0.25) is 0 Å². The van der Waals surface area contributed by atoms with Crippen molar-refractivity contribution in [3.8, 4) is 16.9 Å². The maximum atomic E-state index is 5.29. The fourth-order valence-electron chi connectivity index (χ4n) is 3.13. The van der Waals surface area contributed by atoms with E-state index in [2.05, 4.69) is 85.5 Å². The third-order valence-electron chi connectivity index (χ3n) is 4.94. The number of rotatable bonds is 7. The number of anilines is 1. The van der Waals surface area contributed by atoms with Gasteiger partial charge in [-0.25, -0.2) is 0 Å². The van der Waals surface area contributed by atoms with E-state index in [1.54, 1.807) is 7.11 Å². The Bertz CT molecular complexity index is 794. The molecule has 1 atom stereocenters. The highest BCUT2D eigenvalue weighted by molar-refractivity contribution is 5.63. The summed E-state index contributed by atoms with van der Waals surface area (Å²) >= 11 is 0. The highest BCUT2D eigenvalue weighted by Crippen LogP contribution is 2.25. The fourth-order valence-corrected chi connectivity index (χ4v) is 3.13. The Balaban J connectivity index is 1.80. The van der Waals surface area contributed by atoms with Crippen molar-refractivity contribution in [3.05, 3.63) is 84.4 Å². The molecule has 0 aromatic heterocycles. The average Bonchev–Trinajstić information content (AvgIpc) is 2.72. The molecule has 0 aliphatic rings. The molecule has 134 valence electrons. The van der Waals surface area contributed by atoms with Gasteiger partial charge in [0.1, 0.15) is 5.75 Å². The topological polar surface area (TPSA) is 12.5 Å². The van der Waals surface area contributed by atoms with Gasteiger partial charge in [0.15, 0.2) is 0 Å². The molecule has 0 aliphatic heterocycles. The number of ether oxygens (including phenoxy) is 1. The Morgan fingerprint density at radius 1 is 0.808 bits per heavy atom. The standard InChI is InChI=1S/C24H27NO/c1-4-19(2)25(23-14-16-24(26-3)17-15-23)18-20-10-12-22(13-11-20)21-8-6-5-7-9-21/h5-17,19H,4,18H2,1-3H3. The summed E-state index contributed by atoms with van der Waals surface area (Å²) in [5.41, 5.74) is 5.06. The molecule has 0 N–H and O–H groups in total. The van der Waals surface area contributed by atoms with Gasteiger partial charge < -0.3 is 9.64 Å². The highest BCUT2D eigenvalue weighted by atomic mass is 16.5. The normalized spacial score (nSPS) is 11.8. The van der Waals surface area contributed by atoms with E-state index >= 15 is 0 Å². The average molecular weight is 345 g/mol. The lowest BCUT2D eigenvalue weighted by molar-refractivity contribution is 0.414. The highest BCUT2D eigenvalue weighted by Gasteiger charge is 2.14. The third-order valence-corrected chi connectivity index (χ3v) is 4.94. The van der Waals surface area contributed by atoms with Gasteiger partial charge in [-0.05, 0) is 54.3 Å². The summed E-state index contributed by atoms with van der Waals surface area (Å²) in [6.45, 7) is 5.42. The first-order valence-electron chi connectivity index (χ1n) is 9.26. The van der Waals surface area contributed by atoms with E-state index in [1.807, 2.05) is 12.1 Å². The number of methoxy groups -OCH3 is 1. The van der Waals surface area contributed by atoms with Crippen molar-refractivity contribution in [2.24, 2.45) is 0 Å². The molecule has 26 heavy (non-hydrogen) atoms. The molecule has 0 spiro atoms. The Labute approximate surface area is 157 Å². The van der Waals surface area contributed by atoms with E-state index in [-0.39, 0.29) is 0 Å². The van der Waals surface area contributed by atoms with Gasteiger partial charge in [-0.2, -0.15) is 0 Å². The van der Waals surface area contributed by atoms with E-state index in [4.69, 9.17) is 4.74 Å². The second kappa shape index (κ2) is 8.57. The Hall–Kier alpha value is -2.74. The molecule has 0 saturated carbocycles. The molecular weight excluding hydrogens is 318 g/mol. The lowest BCUT2D eigenvalue weighted by atomic mass is 10.0. The van der Waals surface area contributed by atoms with Gasteiger partial charge in [-0.1, -0.05) is 61.5 Å². The SMILES string of the molecule is CCC(C)N(Cc1ccc(-c2ccccc2)cc1)c1ccc(OC)cc1. The first-order valence-corrected chi connectivity index (χ1v) is 9.26. The molecule has 0 aliphatic carbocycles. The van der Waals surface area contributed by atoms with E-state index in [0.717, 1.165) is 18.7 Å². The molecule has 0 fully saturated rings. The minimum Gasteiger partial charge on any atom is -0.497 e. The summed E-state index contributed by atoms with van der Waals surface area (Å²) in [7, 11) is 1.70. The van der Waals surface area contributed by atoms with Crippen LogP contribution in [0.25, 0.3) is 11.1 Å². The van der Waals surface area contributed by atoms with Gasteiger partial charge in [0.2, 0.25) is 0 Å². The quantitative estimate of drug-likeness (QED) is 0.508. The van der Waals surface area contributed by atoms with Crippen LogP contribution in [0.4, 0.5) is 5.69 Å². The molecule has 3 aromatic rings. The van der Waals surface area contributed by atoms with Gasteiger partial charge >= 0.3 is 0 Å². The van der Waals surface area contributed by atoms with Gasteiger partial charge in [0, 0.05) is 18.3 Å². The lowest BCUT2D eigenvalue weighted by Gasteiger charge is -2.31. The molecule has 0 amide bonds. The minimum atomic E-state index is 0.470. The molecule has 2 heteroatoms. The molecule has 0 heterocycles. The van der Waals surface area contributed by atoms with Crippen LogP contribution in [0.15, 0.2) is 78.9 Å². The number of hydrogen-bond acceptors (Lipinski definition) is 2. The summed E-state index contributed by atoms with van der Waals surface area (Å²) in [4.78, 5) is 2.46. The van der Waals surface area contributed by atoms with Crippen molar-refractivity contribution >= 4 is 5.69 Å². The Morgan fingerprint density at radius 2 is 1.42 bits per heavy atom. The van der Waals surface area contributed by atoms with E-state index in [0.29, 0.717) is 6.04 Å². The molecular formula is C24H27NO. The Kier molecular flexibility index (Phi) is 5.96. The van der Waals surface area contributed by atoms with Gasteiger partial charge in [0.05, 0.1) is 7.11 Å². The smallest absolute Gasteiger partial charge is 0.119 e. The van der Waals surface area contributed by atoms with Crippen molar-refractivity contribution in [2.75, 3.05) is 12.0 Å². The van der Waals surface area contributed by atoms with Crippen LogP contribution in [0.1, 0.15) is 25.8 Å². The van der Waals surface area contributed by atoms with Crippen molar-refractivity contribution in [1.29, 1.82) is 0 Å². The zero-order chi connectivity index (χ0) is 18.4. The predicted octanol–water partition coefficient (Wildman–Crippen LogP) is 6.17. The summed E-state index contributed by atoms with van der Waals surface area (Å²) in [5, 5.41) is 0. The summed E-state index contributed by atoms with van der Waals surface area (Å²) in [5.74, 6) is 0.894. The largest absolute Gasteiger partial charge is 0.497 e. The molecule has 0 bridgehead atoms. The molecule has 0 radical (unpaired) electrons. The molecule has 1 unspecified atom stereocenters. The fraction of sp³-hybridized carbons (Fsp3) is 0.250. The van der Waals surface area contributed by atoms with Crippen molar-refractivity contribution in [2.45, 2.75) is 32.9 Å². The van der Waals surface area contributed by atoms with Crippen LogP contribution in [-0.2, 0) is 6.54 Å². The predicted molar refractivity (Wildman–Crippen MR) is 111 cm³/mol. The first kappa shape index (κ1) is 18.1. The van der Waals surface area contributed by atoms with Crippen LogP contribution in [0.3, 0.4) is 0 Å². The zero-order valence-electron chi connectivity index (χ0n) is 15.9. The summed E-state index contributed by atoms with van der Waals surface area (Å²) < 4.78 is 5.29. The van der Waals surface area contributed by atoms with Gasteiger partial charge in [0.25, 0.3) is 0 Å². The van der Waals surface area contributed by atoms with Crippen molar-refractivity contribution in [1.82, 2.24) is 0 Å². The summed E-state index contributed by atoms with van der Waals surface area (Å²) in [6, 6.07) is 28.2. The molecule has 3 rings (SSSR count). The maximum Gasteiger partial charge on any atom is 0.119 e. The van der Waals surface area contributed by atoms with Crippen LogP contribution in [0, 0.1) is 0 Å².